The van der Waals surface area contributed by atoms with E-state index >= 15 is 0 Å². The van der Waals surface area contributed by atoms with Crippen molar-refractivity contribution in [2.45, 2.75) is 32.2 Å². The molecule has 27 heavy (non-hydrogen) atoms. The van der Waals surface area contributed by atoms with Gasteiger partial charge in [0.2, 0.25) is 0 Å². The van der Waals surface area contributed by atoms with Gasteiger partial charge in [0.15, 0.2) is 0 Å². The fourth-order valence-electron chi connectivity index (χ4n) is 2.60. The van der Waals surface area contributed by atoms with Gasteiger partial charge in [-0.25, -0.2) is 9.98 Å². The lowest BCUT2D eigenvalue weighted by atomic mass is 10.2. The lowest BCUT2D eigenvalue weighted by Gasteiger charge is -2.07. The zero-order valence-electron chi connectivity index (χ0n) is 15.2. The van der Waals surface area contributed by atoms with E-state index in [1.165, 1.54) is 0 Å². The van der Waals surface area contributed by atoms with Crippen LogP contribution in [0.25, 0.3) is 0 Å². The summed E-state index contributed by atoms with van der Waals surface area (Å²) in [4.78, 5) is 12.5. The summed E-state index contributed by atoms with van der Waals surface area (Å²) in [6.45, 7) is 1.63. The van der Waals surface area contributed by atoms with Crippen molar-refractivity contribution in [3.8, 4) is 5.75 Å². The molecular weight excluding hydrogens is 340 g/mol. The van der Waals surface area contributed by atoms with Crippen LogP contribution >= 0.6 is 0 Å². The summed E-state index contributed by atoms with van der Waals surface area (Å²) >= 11 is 0. The molecule has 2 aromatic heterocycles. The first-order valence-corrected chi connectivity index (χ1v) is 9.12. The minimum atomic E-state index is 0.398. The van der Waals surface area contributed by atoms with Gasteiger partial charge in [0.1, 0.15) is 29.9 Å². The van der Waals surface area contributed by atoms with Crippen molar-refractivity contribution in [3.05, 3.63) is 67.0 Å². The van der Waals surface area contributed by atoms with Gasteiger partial charge in [-0.2, -0.15) is 5.10 Å². The van der Waals surface area contributed by atoms with Gasteiger partial charge in [0.25, 0.3) is 0 Å². The molecule has 0 bridgehead atoms. The number of aryl methyl sites for hydroxylation is 1. The molecule has 0 amide bonds. The third-order valence-corrected chi connectivity index (χ3v) is 4.03. The number of amidine groups is 1. The Hall–Kier alpha value is -3.22. The Morgan fingerprint density at radius 1 is 1.04 bits per heavy atom. The lowest BCUT2D eigenvalue weighted by Crippen LogP contribution is -2.14. The summed E-state index contributed by atoms with van der Waals surface area (Å²) in [6.07, 6.45) is 9.44. The Balaban J connectivity index is 1.35. The number of nitrogens with two attached hydrogens (primary N) is 1. The highest BCUT2D eigenvalue weighted by Crippen LogP contribution is 2.19. The number of unbranched alkanes of at least 4 members (excludes halogenated alkanes) is 3. The summed E-state index contributed by atoms with van der Waals surface area (Å²) in [5.41, 5.74) is 7.43. The molecular formula is C20H24N6O. The summed E-state index contributed by atoms with van der Waals surface area (Å²) < 4.78 is 7.65. The molecule has 0 radical (unpaired) electrons. The number of hydrogen-bond acceptors (Lipinski definition) is 5. The fourth-order valence-corrected chi connectivity index (χ4v) is 2.60. The molecule has 140 valence electrons. The van der Waals surface area contributed by atoms with Crippen molar-refractivity contribution in [2.75, 3.05) is 6.61 Å². The molecule has 0 fully saturated rings. The number of benzene rings is 1. The first-order chi connectivity index (χ1) is 13.3. The van der Waals surface area contributed by atoms with Crippen LogP contribution in [0.5, 0.6) is 5.75 Å². The Kier molecular flexibility index (Phi) is 6.92. The second-order valence-corrected chi connectivity index (χ2v) is 6.13. The molecule has 3 aromatic rings. The highest BCUT2D eigenvalue weighted by atomic mass is 16.5. The topological polar surface area (TPSA) is 91.2 Å². The first kappa shape index (κ1) is 18.6. The number of hydrogen-bond donors (Lipinski definition) is 1. The summed E-state index contributed by atoms with van der Waals surface area (Å²) in [7, 11) is 0. The Bertz CT molecular complexity index is 815. The second-order valence-electron chi connectivity index (χ2n) is 6.13. The molecule has 3 rings (SSSR count). The number of aliphatic imine (C=N–C) groups is 1. The Morgan fingerprint density at radius 3 is 2.63 bits per heavy atom. The van der Waals surface area contributed by atoms with E-state index in [1.54, 1.807) is 18.9 Å². The van der Waals surface area contributed by atoms with Crippen molar-refractivity contribution >= 4 is 11.5 Å². The van der Waals surface area contributed by atoms with E-state index in [4.69, 9.17) is 10.5 Å². The van der Waals surface area contributed by atoms with Crippen molar-refractivity contribution in [1.82, 2.24) is 19.7 Å². The monoisotopic (exact) mass is 364 g/mol. The van der Waals surface area contributed by atoms with Crippen molar-refractivity contribution in [2.24, 2.45) is 10.7 Å². The van der Waals surface area contributed by atoms with Gasteiger partial charge in [-0.3, -0.25) is 9.67 Å². The molecule has 2 N–H and O–H groups in total. The Labute approximate surface area is 158 Å². The minimum Gasteiger partial charge on any atom is -0.494 e. The van der Waals surface area contributed by atoms with E-state index < -0.39 is 0 Å². The van der Waals surface area contributed by atoms with E-state index in [0.29, 0.717) is 18.1 Å². The quantitative estimate of drug-likeness (QED) is 0.338. The van der Waals surface area contributed by atoms with Gasteiger partial charge in [-0.05, 0) is 55.7 Å². The maximum Gasteiger partial charge on any atom is 0.150 e. The van der Waals surface area contributed by atoms with Gasteiger partial charge in [-0.1, -0.05) is 12.5 Å². The van der Waals surface area contributed by atoms with Gasteiger partial charge < -0.3 is 10.5 Å². The van der Waals surface area contributed by atoms with Crippen molar-refractivity contribution in [3.63, 3.8) is 0 Å². The second kappa shape index (κ2) is 10.1. The zero-order chi connectivity index (χ0) is 18.7. The van der Waals surface area contributed by atoms with Crippen LogP contribution < -0.4 is 10.5 Å². The average Bonchev–Trinajstić information content (AvgIpc) is 3.23. The third kappa shape index (κ3) is 6.22. The average molecular weight is 364 g/mol. The normalized spacial score (nSPS) is 11.5. The highest BCUT2D eigenvalue weighted by molar-refractivity contribution is 5.97. The zero-order valence-corrected chi connectivity index (χ0v) is 15.2. The molecule has 0 aliphatic heterocycles. The molecule has 0 aliphatic rings. The number of rotatable bonds is 10. The molecule has 0 unspecified atom stereocenters. The maximum atomic E-state index is 5.98. The van der Waals surface area contributed by atoms with Crippen LogP contribution in [-0.4, -0.2) is 32.2 Å². The van der Waals surface area contributed by atoms with Gasteiger partial charge in [-0.15, -0.1) is 0 Å². The number of ether oxygens (including phenoxy) is 1. The van der Waals surface area contributed by atoms with E-state index in [-0.39, 0.29) is 0 Å². The van der Waals surface area contributed by atoms with Crippen LogP contribution in [0.1, 0.15) is 31.4 Å². The van der Waals surface area contributed by atoms with Crippen LogP contribution in [-0.2, 0) is 6.54 Å². The third-order valence-electron chi connectivity index (χ3n) is 4.03. The van der Waals surface area contributed by atoms with E-state index in [2.05, 4.69) is 20.1 Å². The molecule has 7 heteroatoms. The van der Waals surface area contributed by atoms with Crippen molar-refractivity contribution < 1.29 is 4.74 Å². The Morgan fingerprint density at radius 2 is 1.89 bits per heavy atom. The first-order valence-electron chi connectivity index (χ1n) is 9.12. The van der Waals surface area contributed by atoms with Crippen LogP contribution in [0.4, 0.5) is 5.69 Å². The number of aromatic nitrogens is 4. The molecule has 7 nitrogen and oxygen atoms in total. The number of pyridine rings is 1. The van der Waals surface area contributed by atoms with Crippen LogP contribution in [0, 0.1) is 0 Å². The van der Waals surface area contributed by atoms with Crippen LogP contribution in [0.2, 0.25) is 0 Å². The molecule has 0 atom stereocenters. The van der Waals surface area contributed by atoms with Crippen molar-refractivity contribution in [1.29, 1.82) is 0 Å². The summed E-state index contributed by atoms with van der Waals surface area (Å²) in [5, 5.41) is 4.09. The largest absolute Gasteiger partial charge is 0.494 e. The SMILES string of the molecule is NC(=Nc1ccc(OCCCCCCn2cncn2)cc1)c1ccccn1. The molecule has 2 heterocycles. The maximum absolute atomic E-state index is 5.98. The standard InChI is InChI=1S/C20H24N6O/c21-20(19-7-3-4-12-23-19)25-17-8-10-18(11-9-17)27-14-6-2-1-5-13-26-16-22-15-24-26/h3-4,7-12,15-16H,1-2,5-6,13-14H2,(H2,21,25). The molecule has 0 saturated carbocycles. The predicted octanol–water partition coefficient (Wildman–Crippen LogP) is 3.35. The van der Waals surface area contributed by atoms with Gasteiger partial charge >= 0.3 is 0 Å². The minimum absolute atomic E-state index is 0.398. The molecule has 0 spiro atoms. The van der Waals surface area contributed by atoms with E-state index in [1.807, 2.05) is 47.1 Å². The molecule has 1 aromatic carbocycles. The lowest BCUT2D eigenvalue weighted by molar-refractivity contribution is 0.304. The van der Waals surface area contributed by atoms with Gasteiger partial charge in [0.05, 0.1) is 12.3 Å². The van der Waals surface area contributed by atoms with E-state index in [9.17, 15) is 0 Å². The van der Waals surface area contributed by atoms with Crippen LogP contribution in [0.15, 0.2) is 66.3 Å². The number of nitrogens with zero attached hydrogens (tertiary/aromatic N) is 5. The smallest absolute Gasteiger partial charge is 0.150 e. The van der Waals surface area contributed by atoms with Gasteiger partial charge in [0, 0.05) is 12.7 Å². The fraction of sp³-hybridized carbons (Fsp3) is 0.300. The van der Waals surface area contributed by atoms with Crippen LogP contribution in [0.3, 0.4) is 0 Å². The highest BCUT2D eigenvalue weighted by Gasteiger charge is 2.00. The van der Waals surface area contributed by atoms with E-state index in [0.717, 1.165) is 43.7 Å². The molecule has 0 aliphatic carbocycles. The predicted molar refractivity (Wildman–Crippen MR) is 105 cm³/mol. The summed E-state index contributed by atoms with van der Waals surface area (Å²) in [5.74, 6) is 1.24. The summed E-state index contributed by atoms with van der Waals surface area (Å²) in [6, 6.07) is 13.2. The molecule has 0 saturated heterocycles.